The first-order valence-electron chi connectivity index (χ1n) is 5.16. The van der Waals surface area contributed by atoms with Crippen molar-refractivity contribution in [3.63, 3.8) is 0 Å². The molecular weight excluding hydrogens is 180 g/mol. The number of hydrogen-bond donors (Lipinski definition) is 2. The second-order valence-electron chi connectivity index (χ2n) is 5.30. The number of nitrogens with zero attached hydrogens (tertiary/aromatic N) is 1. The molecular formula is C10H18N2O2. The van der Waals surface area contributed by atoms with Gasteiger partial charge in [0.25, 0.3) is 0 Å². The Morgan fingerprint density at radius 1 is 1.36 bits per heavy atom. The van der Waals surface area contributed by atoms with Crippen LogP contribution in [0.4, 0.5) is 4.79 Å². The van der Waals surface area contributed by atoms with Gasteiger partial charge in [-0.25, -0.2) is 4.79 Å². The van der Waals surface area contributed by atoms with Crippen molar-refractivity contribution in [2.45, 2.75) is 32.4 Å². The zero-order chi connectivity index (χ0) is 10.5. The maximum atomic E-state index is 11.2. The maximum Gasteiger partial charge on any atom is 0.408 e. The molecule has 0 aromatic rings. The summed E-state index contributed by atoms with van der Waals surface area (Å²) >= 11 is 0. The maximum absolute atomic E-state index is 11.2. The Kier molecular flexibility index (Phi) is 2.00. The fraction of sp³-hybridized carbons (Fsp3) is 0.900. The highest BCUT2D eigenvalue weighted by atomic mass is 16.4. The van der Waals surface area contributed by atoms with Gasteiger partial charge in [0, 0.05) is 24.7 Å². The SMILES string of the molecule is CC(C)(C)N(C(=O)O)C1C2CNCC21. The zero-order valence-electron chi connectivity index (χ0n) is 8.95. The van der Waals surface area contributed by atoms with E-state index in [-0.39, 0.29) is 11.6 Å². The molecule has 2 rings (SSSR count). The number of piperidine rings is 1. The van der Waals surface area contributed by atoms with Crippen molar-refractivity contribution in [2.24, 2.45) is 11.8 Å². The topological polar surface area (TPSA) is 52.6 Å². The van der Waals surface area contributed by atoms with Crippen LogP contribution in [0.2, 0.25) is 0 Å². The predicted octanol–water partition coefficient (Wildman–Crippen LogP) is 0.983. The summed E-state index contributed by atoms with van der Waals surface area (Å²) in [6.45, 7) is 7.85. The Balaban J connectivity index is 2.10. The minimum Gasteiger partial charge on any atom is -0.465 e. The van der Waals surface area contributed by atoms with Crippen LogP contribution in [0.15, 0.2) is 0 Å². The molecule has 0 radical (unpaired) electrons. The minimum atomic E-state index is -0.781. The number of amides is 1. The van der Waals surface area contributed by atoms with Gasteiger partial charge in [-0.2, -0.15) is 0 Å². The number of hydrogen-bond acceptors (Lipinski definition) is 2. The molecule has 0 aromatic heterocycles. The zero-order valence-corrected chi connectivity index (χ0v) is 8.95. The first-order valence-corrected chi connectivity index (χ1v) is 5.16. The Bertz CT molecular complexity index is 249. The van der Waals surface area contributed by atoms with Crippen LogP contribution in [0.5, 0.6) is 0 Å². The molecule has 1 aliphatic carbocycles. The molecule has 4 nitrogen and oxygen atoms in total. The number of rotatable bonds is 1. The fourth-order valence-electron chi connectivity index (χ4n) is 2.63. The van der Waals surface area contributed by atoms with E-state index in [9.17, 15) is 9.90 Å². The summed E-state index contributed by atoms with van der Waals surface area (Å²) in [5.41, 5.74) is -0.277. The average molecular weight is 198 g/mol. The molecule has 2 unspecified atom stereocenters. The van der Waals surface area contributed by atoms with Crippen molar-refractivity contribution in [1.82, 2.24) is 10.2 Å². The van der Waals surface area contributed by atoms with Gasteiger partial charge in [0.2, 0.25) is 0 Å². The van der Waals surface area contributed by atoms with Crippen LogP contribution in [0.1, 0.15) is 20.8 Å². The molecule has 14 heavy (non-hydrogen) atoms. The molecule has 0 spiro atoms. The van der Waals surface area contributed by atoms with Gasteiger partial charge in [-0.3, -0.25) is 4.90 Å². The molecule has 1 aliphatic heterocycles. The Morgan fingerprint density at radius 2 is 1.86 bits per heavy atom. The van der Waals surface area contributed by atoms with E-state index < -0.39 is 6.09 Å². The van der Waals surface area contributed by atoms with Gasteiger partial charge >= 0.3 is 6.09 Å². The minimum absolute atomic E-state index is 0.258. The standard InChI is InChI=1S/C10H18N2O2/c1-10(2,3)12(9(13)14)8-6-4-11-5-7(6)8/h6-8,11H,4-5H2,1-3H3,(H,13,14). The highest BCUT2D eigenvalue weighted by molar-refractivity contribution is 5.67. The molecule has 2 fully saturated rings. The summed E-state index contributed by atoms with van der Waals surface area (Å²) in [5.74, 6) is 1.12. The van der Waals surface area contributed by atoms with E-state index >= 15 is 0 Å². The number of carbonyl (C=O) groups is 1. The quantitative estimate of drug-likeness (QED) is 0.660. The summed E-state index contributed by atoms with van der Waals surface area (Å²) < 4.78 is 0. The van der Waals surface area contributed by atoms with Crippen LogP contribution in [0.25, 0.3) is 0 Å². The van der Waals surface area contributed by atoms with Gasteiger partial charge in [0.1, 0.15) is 0 Å². The van der Waals surface area contributed by atoms with E-state index in [0.717, 1.165) is 13.1 Å². The number of nitrogens with one attached hydrogen (secondary N) is 1. The van der Waals surface area contributed by atoms with E-state index in [1.165, 1.54) is 0 Å². The van der Waals surface area contributed by atoms with Crippen LogP contribution in [0.3, 0.4) is 0 Å². The molecule has 0 aromatic carbocycles. The Hall–Kier alpha value is -0.770. The lowest BCUT2D eigenvalue weighted by Gasteiger charge is -2.34. The smallest absolute Gasteiger partial charge is 0.408 e. The van der Waals surface area contributed by atoms with Crippen LogP contribution in [-0.4, -0.2) is 40.8 Å². The Morgan fingerprint density at radius 3 is 2.21 bits per heavy atom. The van der Waals surface area contributed by atoms with E-state index in [1.54, 1.807) is 4.90 Å². The molecule has 2 N–H and O–H groups in total. The second kappa shape index (κ2) is 2.86. The molecule has 1 saturated carbocycles. The molecule has 1 amide bonds. The van der Waals surface area contributed by atoms with E-state index in [0.29, 0.717) is 11.8 Å². The molecule has 80 valence electrons. The van der Waals surface area contributed by atoms with E-state index in [2.05, 4.69) is 5.32 Å². The first-order chi connectivity index (χ1) is 6.43. The molecule has 4 heteroatoms. The van der Waals surface area contributed by atoms with Crippen LogP contribution in [0, 0.1) is 11.8 Å². The van der Waals surface area contributed by atoms with E-state index in [4.69, 9.17) is 0 Å². The van der Waals surface area contributed by atoms with Gasteiger partial charge in [-0.1, -0.05) is 0 Å². The van der Waals surface area contributed by atoms with Gasteiger partial charge in [0.05, 0.1) is 0 Å². The predicted molar refractivity (Wildman–Crippen MR) is 53.3 cm³/mol. The summed E-state index contributed by atoms with van der Waals surface area (Å²) in [5, 5.41) is 12.5. The van der Waals surface area contributed by atoms with Crippen molar-refractivity contribution in [1.29, 1.82) is 0 Å². The van der Waals surface area contributed by atoms with Crippen molar-refractivity contribution in [2.75, 3.05) is 13.1 Å². The van der Waals surface area contributed by atoms with Crippen molar-refractivity contribution < 1.29 is 9.90 Å². The fourth-order valence-corrected chi connectivity index (χ4v) is 2.63. The summed E-state index contributed by atoms with van der Waals surface area (Å²) in [6.07, 6.45) is -0.781. The van der Waals surface area contributed by atoms with Gasteiger partial charge in [0.15, 0.2) is 0 Å². The largest absolute Gasteiger partial charge is 0.465 e. The van der Waals surface area contributed by atoms with Crippen molar-refractivity contribution >= 4 is 6.09 Å². The molecule has 0 bridgehead atoms. The molecule has 2 aliphatic rings. The van der Waals surface area contributed by atoms with Crippen LogP contribution in [-0.2, 0) is 0 Å². The summed E-state index contributed by atoms with van der Waals surface area (Å²) in [4.78, 5) is 12.8. The highest BCUT2D eigenvalue weighted by Gasteiger charge is 2.59. The molecule has 1 heterocycles. The third-order valence-electron chi connectivity index (χ3n) is 3.27. The average Bonchev–Trinajstić information content (AvgIpc) is 2.52. The lowest BCUT2D eigenvalue weighted by molar-refractivity contribution is 0.0874. The highest BCUT2D eigenvalue weighted by Crippen LogP contribution is 2.47. The lowest BCUT2D eigenvalue weighted by Crippen LogP contribution is -2.48. The van der Waals surface area contributed by atoms with Gasteiger partial charge in [-0.05, 0) is 32.6 Å². The molecule has 1 saturated heterocycles. The number of fused-ring (bicyclic) bond motifs is 1. The summed E-state index contributed by atoms with van der Waals surface area (Å²) in [6, 6.07) is 0.258. The van der Waals surface area contributed by atoms with Crippen LogP contribution < -0.4 is 5.32 Å². The lowest BCUT2D eigenvalue weighted by atomic mass is 10.1. The van der Waals surface area contributed by atoms with Gasteiger partial charge in [-0.15, -0.1) is 0 Å². The second-order valence-corrected chi connectivity index (χ2v) is 5.30. The number of carboxylic acid groups (broad SMARTS) is 1. The van der Waals surface area contributed by atoms with E-state index in [1.807, 2.05) is 20.8 Å². The monoisotopic (exact) mass is 198 g/mol. The van der Waals surface area contributed by atoms with Crippen molar-refractivity contribution in [3.05, 3.63) is 0 Å². The Labute approximate surface area is 84.3 Å². The molecule has 2 atom stereocenters. The van der Waals surface area contributed by atoms with Gasteiger partial charge < -0.3 is 10.4 Å². The first kappa shape index (κ1) is 9.77. The van der Waals surface area contributed by atoms with Crippen molar-refractivity contribution in [3.8, 4) is 0 Å². The summed E-state index contributed by atoms with van der Waals surface area (Å²) in [7, 11) is 0. The normalized spacial score (nSPS) is 35.2. The third kappa shape index (κ3) is 1.38. The van der Waals surface area contributed by atoms with Crippen LogP contribution >= 0.6 is 0 Å². The third-order valence-corrected chi connectivity index (χ3v) is 3.27.